The van der Waals surface area contributed by atoms with E-state index in [1.165, 1.54) is 0 Å². The molecule has 10 heteroatoms. The van der Waals surface area contributed by atoms with Crippen LogP contribution in [0.15, 0.2) is 55.0 Å². The van der Waals surface area contributed by atoms with E-state index in [4.69, 9.17) is 14.8 Å². The lowest BCUT2D eigenvalue weighted by Gasteiger charge is -2.36. The molecule has 1 atom stereocenters. The minimum atomic E-state index is -0.695. The van der Waals surface area contributed by atoms with Crippen molar-refractivity contribution in [2.45, 2.75) is 13.0 Å². The molecule has 0 saturated carbocycles. The number of nitrogens with one attached hydrogen (secondary N) is 1. The van der Waals surface area contributed by atoms with Crippen LogP contribution in [-0.4, -0.2) is 87.0 Å². The predicted molar refractivity (Wildman–Crippen MR) is 139 cm³/mol. The molecule has 188 valence electrons. The van der Waals surface area contributed by atoms with Gasteiger partial charge in [0.1, 0.15) is 11.4 Å². The van der Waals surface area contributed by atoms with E-state index in [0.29, 0.717) is 18.2 Å². The third-order valence-corrected chi connectivity index (χ3v) is 6.48. The smallest absolute Gasteiger partial charge is 0.227 e. The molecule has 36 heavy (non-hydrogen) atoms. The Morgan fingerprint density at radius 1 is 1.08 bits per heavy atom. The van der Waals surface area contributed by atoms with E-state index in [0.717, 1.165) is 60.2 Å². The summed E-state index contributed by atoms with van der Waals surface area (Å²) in [7, 11) is 1.65. The zero-order valence-corrected chi connectivity index (χ0v) is 20.5. The lowest BCUT2D eigenvalue weighted by molar-refractivity contribution is 0.0575. The Bertz CT molecular complexity index is 1330. The number of hydrogen-bond acceptors (Lipinski definition) is 9. The summed E-state index contributed by atoms with van der Waals surface area (Å²) in [5.41, 5.74) is 5.38. The van der Waals surface area contributed by atoms with Gasteiger partial charge in [-0.05, 0) is 36.8 Å². The first-order chi connectivity index (χ1) is 17.6. The molecule has 1 aliphatic heterocycles. The van der Waals surface area contributed by atoms with E-state index in [2.05, 4.69) is 31.2 Å². The highest BCUT2D eigenvalue weighted by Gasteiger charge is 2.20. The van der Waals surface area contributed by atoms with Gasteiger partial charge < -0.3 is 25.2 Å². The van der Waals surface area contributed by atoms with Crippen LogP contribution in [0.5, 0.6) is 5.75 Å². The summed E-state index contributed by atoms with van der Waals surface area (Å²) in [6, 6.07) is 11.9. The summed E-state index contributed by atoms with van der Waals surface area (Å²) in [6.07, 6.45) is 4.91. The van der Waals surface area contributed by atoms with Crippen molar-refractivity contribution in [2.24, 2.45) is 0 Å². The number of β-amino-alcohol motifs (C(OH)–C–C–N with tert-alkyl or cyclic N) is 1. The van der Waals surface area contributed by atoms with Crippen molar-refractivity contribution in [2.75, 3.05) is 56.7 Å². The molecule has 0 radical (unpaired) electrons. The topological polar surface area (TPSA) is 111 Å². The van der Waals surface area contributed by atoms with Crippen LogP contribution < -0.4 is 15.0 Å². The molecule has 0 bridgehead atoms. The molecule has 3 N–H and O–H groups in total. The normalized spacial score (nSPS) is 15.3. The molecule has 1 fully saturated rings. The van der Waals surface area contributed by atoms with Crippen molar-refractivity contribution in [1.82, 2.24) is 24.3 Å². The van der Waals surface area contributed by atoms with Crippen LogP contribution in [0.25, 0.3) is 17.0 Å². The number of nitrogens with zero attached hydrogens (tertiary/aromatic N) is 6. The van der Waals surface area contributed by atoms with Crippen molar-refractivity contribution >= 4 is 23.0 Å². The number of imidazole rings is 1. The van der Waals surface area contributed by atoms with E-state index in [1.54, 1.807) is 13.3 Å². The van der Waals surface area contributed by atoms with Crippen LogP contribution in [0, 0.1) is 6.92 Å². The van der Waals surface area contributed by atoms with Crippen LogP contribution in [0.2, 0.25) is 0 Å². The first-order valence-corrected chi connectivity index (χ1v) is 12.0. The Hall–Kier alpha value is -3.73. The highest BCUT2D eigenvalue weighted by molar-refractivity contribution is 5.70. The van der Waals surface area contributed by atoms with Crippen molar-refractivity contribution in [1.29, 1.82) is 0 Å². The second-order valence-electron chi connectivity index (χ2n) is 8.93. The van der Waals surface area contributed by atoms with Gasteiger partial charge in [-0.25, -0.2) is 15.0 Å². The van der Waals surface area contributed by atoms with Crippen LogP contribution in [0.3, 0.4) is 0 Å². The number of aliphatic hydroxyl groups excluding tert-OH is 2. The summed E-state index contributed by atoms with van der Waals surface area (Å²) in [5, 5.41) is 22.1. The molecule has 0 aliphatic carbocycles. The lowest BCUT2D eigenvalue weighted by Crippen LogP contribution is -2.49. The first kappa shape index (κ1) is 24.0. The van der Waals surface area contributed by atoms with Crippen LogP contribution in [0.1, 0.15) is 5.56 Å². The largest absolute Gasteiger partial charge is 0.494 e. The molecule has 1 aliphatic rings. The van der Waals surface area contributed by atoms with E-state index >= 15 is 0 Å². The fourth-order valence-electron chi connectivity index (χ4n) is 4.51. The van der Waals surface area contributed by atoms with Crippen LogP contribution >= 0.6 is 0 Å². The quantitative estimate of drug-likeness (QED) is 0.343. The van der Waals surface area contributed by atoms with Gasteiger partial charge in [0, 0.05) is 56.9 Å². The minimum absolute atomic E-state index is 0.211. The van der Waals surface area contributed by atoms with Crippen molar-refractivity contribution in [3.05, 3.63) is 60.6 Å². The number of fused-ring (bicyclic) bond motifs is 1. The summed E-state index contributed by atoms with van der Waals surface area (Å²) >= 11 is 0. The molecule has 0 amide bonds. The maximum absolute atomic E-state index is 9.70. The number of benzene rings is 1. The summed E-state index contributed by atoms with van der Waals surface area (Å²) < 4.78 is 7.70. The Morgan fingerprint density at radius 3 is 2.69 bits per heavy atom. The van der Waals surface area contributed by atoms with Gasteiger partial charge in [0.05, 0.1) is 43.1 Å². The molecule has 0 spiro atoms. The van der Waals surface area contributed by atoms with Gasteiger partial charge >= 0.3 is 0 Å². The first-order valence-electron chi connectivity index (χ1n) is 12.0. The van der Waals surface area contributed by atoms with E-state index in [9.17, 15) is 5.11 Å². The maximum atomic E-state index is 9.70. The minimum Gasteiger partial charge on any atom is -0.494 e. The van der Waals surface area contributed by atoms with Gasteiger partial charge in [-0.2, -0.15) is 0 Å². The lowest BCUT2D eigenvalue weighted by atomic mass is 10.2. The van der Waals surface area contributed by atoms with E-state index in [-0.39, 0.29) is 6.61 Å². The molecule has 1 saturated heterocycles. The van der Waals surface area contributed by atoms with Crippen molar-refractivity contribution in [3.63, 3.8) is 0 Å². The average molecular weight is 490 g/mol. The van der Waals surface area contributed by atoms with Gasteiger partial charge in [0.15, 0.2) is 0 Å². The fraction of sp³-hybridized carbons (Fsp3) is 0.346. The number of ether oxygens (including phenoxy) is 1. The van der Waals surface area contributed by atoms with Crippen LogP contribution in [-0.2, 0) is 0 Å². The molecule has 3 aromatic heterocycles. The molecule has 0 unspecified atom stereocenters. The van der Waals surface area contributed by atoms with Crippen molar-refractivity contribution < 1.29 is 14.9 Å². The Labute approximate surface area is 209 Å². The number of pyridine rings is 1. The monoisotopic (exact) mass is 489 g/mol. The fourth-order valence-corrected chi connectivity index (χ4v) is 4.51. The van der Waals surface area contributed by atoms with E-state index < -0.39 is 6.10 Å². The van der Waals surface area contributed by atoms with Gasteiger partial charge in [-0.3, -0.25) is 9.30 Å². The highest BCUT2D eigenvalue weighted by atomic mass is 16.5. The Balaban J connectivity index is 1.33. The second kappa shape index (κ2) is 10.5. The molecule has 4 aromatic rings. The number of aliphatic hydroxyl groups is 2. The van der Waals surface area contributed by atoms with Crippen molar-refractivity contribution in [3.8, 4) is 17.1 Å². The number of rotatable bonds is 8. The van der Waals surface area contributed by atoms with Crippen LogP contribution in [0.4, 0.5) is 17.3 Å². The molecular formula is C26H31N7O3. The number of aromatic nitrogens is 4. The molecule has 10 nitrogen and oxygen atoms in total. The van der Waals surface area contributed by atoms with Gasteiger partial charge in [0.2, 0.25) is 5.95 Å². The third-order valence-electron chi connectivity index (χ3n) is 6.48. The van der Waals surface area contributed by atoms with Gasteiger partial charge in [0.25, 0.3) is 0 Å². The molecule has 5 rings (SSSR count). The number of piperazine rings is 1. The molecule has 4 heterocycles. The van der Waals surface area contributed by atoms with Gasteiger partial charge in [-0.1, -0.05) is 6.07 Å². The number of anilines is 3. The maximum Gasteiger partial charge on any atom is 0.227 e. The highest BCUT2D eigenvalue weighted by Crippen LogP contribution is 2.32. The molecular weight excluding hydrogens is 458 g/mol. The van der Waals surface area contributed by atoms with Gasteiger partial charge in [-0.15, -0.1) is 0 Å². The zero-order valence-electron chi connectivity index (χ0n) is 20.5. The summed E-state index contributed by atoms with van der Waals surface area (Å²) in [6.45, 7) is 5.57. The van der Waals surface area contributed by atoms with E-state index in [1.807, 2.05) is 54.0 Å². The zero-order chi connectivity index (χ0) is 25.1. The average Bonchev–Trinajstić information content (AvgIpc) is 3.34. The third kappa shape index (κ3) is 4.97. The SMILES string of the molecule is COc1cc(N2CCN(C[C@H](O)CO)CC2)ccc1Nc1ncc(C)c(-c2cnc3ccccn23)n1. The summed E-state index contributed by atoms with van der Waals surface area (Å²) in [4.78, 5) is 18.2. The standard InChI is InChI=1S/C26H31N7O3/c1-18-14-28-26(30-25(18)22-15-27-24-5-3-4-8-33(22)24)29-21-7-6-19(13-23(21)36-2)32-11-9-31(10-12-32)16-20(35)17-34/h3-8,13-15,20,34-35H,9-12,16-17H2,1-2H3,(H,28,29,30)/t20-/m0/s1. The Kier molecular flexibility index (Phi) is 6.99. The summed E-state index contributed by atoms with van der Waals surface area (Å²) in [5.74, 6) is 1.18. The predicted octanol–water partition coefficient (Wildman–Crippen LogP) is 2.33. The number of aryl methyl sites for hydroxylation is 1. The number of hydrogen-bond donors (Lipinski definition) is 3. The second-order valence-corrected chi connectivity index (χ2v) is 8.93. The molecule has 1 aromatic carbocycles. The Morgan fingerprint density at radius 2 is 1.92 bits per heavy atom. The number of methoxy groups -OCH3 is 1.